The lowest BCUT2D eigenvalue weighted by atomic mass is 10.2. The molecule has 2 heterocycles. The van der Waals surface area contributed by atoms with Crippen LogP contribution in [0.1, 0.15) is 18.1 Å². The normalized spacial score (nSPS) is 11.5. The van der Waals surface area contributed by atoms with Gasteiger partial charge in [-0.25, -0.2) is 14.6 Å². The standard InChI is InChI=1S/C12H15N3OS.C9H9N3S/c1-10(16)7-15-9-13-12(14-15)17-8-11-5-3-2-4-6-11;1-2-4-8(5-3-1)6-13-9-10-7-11-12-9/h2-6,9-10,16H,7-8H2,1H3;1-5,7H,6H2,(H,10,11,12)/t10-;/m1./s1. The molecule has 1 atom stereocenters. The number of hydrogen-bond acceptors (Lipinski definition) is 7. The SMILES string of the molecule is C[C@@H](O)Cn1cnc(SCc2ccccc2)n1.c1ccc(CSc2ncn[nH]2)cc1. The predicted octanol–water partition coefficient (Wildman–Crippen LogP) is 4.05. The minimum Gasteiger partial charge on any atom is -0.391 e. The molecule has 156 valence electrons. The maximum absolute atomic E-state index is 9.23. The second-order valence-electron chi connectivity index (χ2n) is 6.44. The van der Waals surface area contributed by atoms with Crippen LogP contribution in [0.15, 0.2) is 83.6 Å². The lowest BCUT2D eigenvalue weighted by Crippen LogP contribution is -2.11. The Bertz CT molecular complexity index is 962. The molecule has 4 rings (SSSR count). The molecule has 0 aliphatic carbocycles. The first-order valence-corrected chi connectivity index (χ1v) is 11.4. The third-order valence-corrected chi connectivity index (χ3v) is 5.66. The van der Waals surface area contributed by atoms with Gasteiger partial charge in [-0.05, 0) is 18.1 Å². The van der Waals surface area contributed by atoms with Crippen molar-refractivity contribution >= 4 is 23.5 Å². The summed E-state index contributed by atoms with van der Waals surface area (Å²) in [5.74, 6) is 1.79. The van der Waals surface area contributed by atoms with Crippen LogP contribution in [0.2, 0.25) is 0 Å². The van der Waals surface area contributed by atoms with E-state index in [0.29, 0.717) is 6.54 Å². The Kier molecular flexibility index (Phi) is 8.95. The molecular weight excluding hydrogens is 416 g/mol. The maximum Gasteiger partial charge on any atom is 0.208 e. The minimum atomic E-state index is -0.399. The van der Waals surface area contributed by atoms with Crippen molar-refractivity contribution in [2.45, 2.75) is 41.4 Å². The summed E-state index contributed by atoms with van der Waals surface area (Å²) in [5, 5.41) is 21.7. The van der Waals surface area contributed by atoms with Gasteiger partial charge in [0.05, 0.1) is 12.6 Å². The van der Waals surface area contributed by atoms with Crippen molar-refractivity contribution < 1.29 is 5.11 Å². The molecule has 0 fully saturated rings. The van der Waals surface area contributed by atoms with Crippen molar-refractivity contribution in [1.82, 2.24) is 29.9 Å². The summed E-state index contributed by atoms with van der Waals surface area (Å²) in [7, 11) is 0. The number of nitrogens with one attached hydrogen (secondary N) is 1. The topological polar surface area (TPSA) is 92.5 Å². The summed E-state index contributed by atoms with van der Waals surface area (Å²) in [6.07, 6.45) is 2.77. The maximum atomic E-state index is 9.23. The van der Waals surface area contributed by atoms with Crippen LogP contribution >= 0.6 is 23.5 Å². The third kappa shape index (κ3) is 8.02. The van der Waals surface area contributed by atoms with Crippen LogP contribution in [-0.4, -0.2) is 41.2 Å². The minimum absolute atomic E-state index is 0.399. The molecule has 4 aromatic rings. The van der Waals surface area contributed by atoms with Crippen LogP contribution in [0.3, 0.4) is 0 Å². The molecule has 0 saturated carbocycles. The predicted molar refractivity (Wildman–Crippen MR) is 120 cm³/mol. The Morgan fingerprint density at radius 3 is 2.13 bits per heavy atom. The molecule has 30 heavy (non-hydrogen) atoms. The Morgan fingerprint density at radius 2 is 1.57 bits per heavy atom. The summed E-state index contributed by atoms with van der Waals surface area (Å²) in [4.78, 5) is 8.22. The van der Waals surface area contributed by atoms with Crippen molar-refractivity contribution in [3.63, 3.8) is 0 Å². The van der Waals surface area contributed by atoms with Crippen LogP contribution in [-0.2, 0) is 18.1 Å². The smallest absolute Gasteiger partial charge is 0.208 e. The van der Waals surface area contributed by atoms with Gasteiger partial charge in [-0.3, -0.25) is 5.10 Å². The van der Waals surface area contributed by atoms with E-state index in [1.54, 1.807) is 41.5 Å². The first-order chi connectivity index (χ1) is 14.7. The molecule has 2 N–H and O–H groups in total. The zero-order chi connectivity index (χ0) is 21.0. The Hall–Kier alpha value is -2.62. The van der Waals surface area contributed by atoms with E-state index in [0.717, 1.165) is 21.8 Å². The van der Waals surface area contributed by atoms with Crippen molar-refractivity contribution in [3.05, 3.63) is 84.4 Å². The van der Waals surface area contributed by atoms with Crippen LogP contribution in [0.5, 0.6) is 0 Å². The van der Waals surface area contributed by atoms with E-state index < -0.39 is 6.10 Å². The van der Waals surface area contributed by atoms with Gasteiger partial charge in [0.1, 0.15) is 12.7 Å². The fraction of sp³-hybridized carbons (Fsp3) is 0.238. The monoisotopic (exact) mass is 440 g/mol. The van der Waals surface area contributed by atoms with E-state index in [4.69, 9.17) is 0 Å². The fourth-order valence-corrected chi connectivity index (χ4v) is 3.92. The summed E-state index contributed by atoms with van der Waals surface area (Å²) in [6.45, 7) is 2.22. The highest BCUT2D eigenvalue weighted by molar-refractivity contribution is 7.98. The fourth-order valence-electron chi connectivity index (χ4n) is 2.41. The molecule has 0 amide bonds. The summed E-state index contributed by atoms with van der Waals surface area (Å²) in [6, 6.07) is 20.5. The van der Waals surface area contributed by atoms with E-state index in [1.807, 2.05) is 36.4 Å². The number of aromatic nitrogens is 6. The second kappa shape index (κ2) is 12.2. The van der Waals surface area contributed by atoms with Crippen LogP contribution < -0.4 is 0 Å². The number of thioether (sulfide) groups is 2. The number of nitrogens with zero attached hydrogens (tertiary/aromatic N) is 5. The lowest BCUT2D eigenvalue weighted by molar-refractivity contribution is 0.168. The molecule has 0 bridgehead atoms. The Morgan fingerprint density at radius 1 is 0.933 bits per heavy atom. The summed E-state index contributed by atoms with van der Waals surface area (Å²) < 4.78 is 1.66. The molecular formula is C21H24N6OS2. The van der Waals surface area contributed by atoms with Gasteiger partial charge in [0.25, 0.3) is 0 Å². The van der Waals surface area contributed by atoms with Gasteiger partial charge < -0.3 is 5.11 Å². The molecule has 0 aliphatic heterocycles. The molecule has 2 aromatic heterocycles. The average molecular weight is 441 g/mol. The average Bonchev–Trinajstić information content (AvgIpc) is 3.44. The second-order valence-corrected chi connectivity index (χ2v) is 8.34. The highest BCUT2D eigenvalue weighted by Gasteiger charge is 2.04. The molecule has 0 spiro atoms. The van der Waals surface area contributed by atoms with Gasteiger partial charge in [-0.1, -0.05) is 84.2 Å². The Labute approximate surface area is 184 Å². The van der Waals surface area contributed by atoms with E-state index in [9.17, 15) is 5.11 Å². The first-order valence-electron chi connectivity index (χ1n) is 9.45. The summed E-state index contributed by atoms with van der Waals surface area (Å²) in [5.41, 5.74) is 2.55. The number of aliphatic hydroxyl groups excluding tert-OH is 1. The van der Waals surface area contributed by atoms with Gasteiger partial charge in [0.2, 0.25) is 5.16 Å². The highest BCUT2D eigenvalue weighted by Crippen LogP contribution is 2.18. The van der Waals surface area contributed by atoms with Gasteiger partial charge in [-0.2, -0.15) is 5.10 Å². The molecule has 0 unspecified atom stereocenters. The number of rotatable bonds is 8. The van der Waals surface area contributed by atoms with Crippen molar-refractivity contribution in [2.75, 3.05) is 0 Å². The number of aromatic amines is 1. The molecule has 0 aliphatic rings. The summed E-state index contributed by atoms with van der Waals surface area (Å²) >= 11 is 3.25. The first kappa shape index (κ1) is 22.1. The van der Waals surface area contributed by atoms with Crippen LogP contribution in [0.25, 0.3) is 0 Å². The zero-order valence-corrected chi connectivity index (χ0v) is 18.3. The molecule has 9 heteroatoms. The van der Waals surface area contributed by atoms with E-state index in [1.165, 1.54) is 17.5 Å². The quantitative estimate of drug-likeness (QED) is 0.399. The molecule has 2 aromatic carbocycles. The molecule has 7 nitrogen and oxygen atoms in total. The lowest BCUT2D eigenvalue weighted by Gasteiger charge is -2.01. The van der Waals surface area contributed by atoms with Crippen LogP contribution in [0, 0.1) is 0 Å². The number of hydrogen-bond donors (Lipinski definition) is 2. The van der Waals surface area contributed by atoms with Gasteiger partial charge in [-0.15, -0.1) is 5.10 Å². The van der Waals surface area contributed by atoms with Crippen LogP contribution in [0.4, 0.5) is 0 Å². The zero-order valence-electron chi connectivity index (χ0n) is 16.6. The van der Waals surface area contributed by atoms with Crippen molar-refractivity contribution in [1.29, 1.82) is 0 Å². The molecule has 0 radical (unpaired) electrons. The van der Waals surface area contributed by atoms with E-state index in [2.05, 4.69) is 49.5 Å². The highest BCUT2D eigenvalue weighted by atomic mass is 32.2. The Balaban J connectivity index is 0.000000177. The molecule has 0 saturated heterocycles. The van der Waals surface area contributed by atoms with Gasteiger partial charge in [0, 0.05) is 11.5 Å². The van der Waals surface area contributed by atoms with E-state index in [-0.39, 0.29) is 0 Å². The number of benzene rings is 2. The number of H-pyrrole nitrogens is 1. The largest absolute Gasteiger partial charge is 0.391 e. The third-order valence-electron chi connectivity index (χ3n) is 3.79. The van der Waals surface area contributed by atoms with Crippen molar-refractivity contribution in [2.24, 2.45) is 0 Å². The van der Waals surface area contributed by atoms with Crippen molar-refractivity contribution in [3.8, 4) is 0 Å². The number of aliphatic hydroxyl groups is 1. The van der Waals surface area contributed by atoms with Gasteiger partial charge >= 0.3 is 0 Å². The van der Waals surface area contributed by atoms with Gasteiger partial charge in [0.15, 0.2) is 5.16 Å². The van der Waals surface area contributed by atoms with E-state index >= 15 is 0 Å².